The summed E-state index contributed by atoms with van der Waals surface area (Å²) in [5.41, 5.74) is 1.56. The minimum Gasteiger partial charge on any atom is -0.467 e. The number of methoxy groups -OCH3 is 1. The first-order chi connectivity index (χ1) is 11.1. The molecule has 2 aromatic rings. The molecule has 0 aliphatic carbocycles. The third kappa shape index (κ3) is 3.97. The fraction of sp³-hybridized carbons (Fsp3) is 0.353. The molecule has 2 rings (SSSR count). The molecule has 0 saturated carbocycles. The van der Waals surface area contributed by atoms with Crippen LogP contribution in [-0.4, -0.2) is 37.1 Å². The number of nitrogens with zero attached hydrogens (tertiary/aromatic N) is 3. The molecule has 1 heterocycles. The van der Waals surface area contributed by atoms with Gasteiger partial charge in [-0.3, -0.25) is 4.79 Å². The largest absolute Gasteiger partial charge is 0.467 e. The molecule has 1 amide bonds. The van der Waals surface area contributed by atoms with E-state index in [4.69, 9.17) is 4.74 Å². The van der Waals surface area contributed by atoms with Gasteiger partial charge in [0.2, 0.25) is 5.91 Å². The molecule has 1 N–H and O–H groups in total. The zero-order valence-corrected chi connectivity index (χ0v) is 13.9. The molecule has 0 fully saturated rings. The number of hydrogen-bond donors (Lipinski definition) is 1. The topological polar surface area (TPSA) is 67.3 Å². The van der Waals surface area contributed by atoms with Gasteiger partial charge < -0.3 is 15.0 Å². The average molecular weight is 314 g/mol. The Kier molecular flexibility index (Phi) is 5.51. The van der Waals surface area contributed by atoms with Gasteiger partial charge in [0.05, 0.1) is 19.2 Å². The number of carbonyl (C=O) groups excluding carboxylic acids is 1. The fourth-order valence-electron chi connectivity index (χ4n) is 2.36. The predicted octanol–water partition coefficient (Wildman–Crippen LogP) is 2.68. The second-order valence-electron chi connectivity index (χ2n) is 5.35. The molecule has 6 nitrogen and oxygen atoms in total. The molecule has 23 heavy (non-hydrogen) atoms. The summed E-state index contributed by atoms with van der Waals surface area (Å²) in [5.74, 6) is 0.317. The van der Waals surface area contributed by atoms with Gasteiger partial charge in [0.1, 0.15) is 5.69 Å². The first-order valence-corrected chi connectivity index (χ1v) is 7.51. The SMILES string of the molecule is CCC(C(=O)Nc1cnc(OC)nc1N(C)C)c1ccccc1. The Morgan fingerprint density at radius 3 is 2.57 bits per heavy atom. The standard InChI is InChI=1S/C17H22N4O2/c1-5-13(12-9-7-6-8-10-12)16(22)19-14-11-18-17(23-4)20-15(14)21(2)3/h6-11,13H,5H2,1-4H3,(H,19,22). The molecular formula is C17H22N4O2. The lowest BCUT2D eigenvalue weighted by atomic mass is 9.95. The van der Waals surface area contributed by atoms with E-state index in [1.54, 1.807) is 6.20 Å². The minimum atomic E-state index is -0.215. The number of aromatic nitrogens is 2. The summed E-state index contributed by atoms with van der Waals surface area (Å²) >= 11 is 0. The van der Waals surface area contributed by atoms with Crippen LogP contribution in [0.1, 0.15) is 24.8 Å². The van der Waals surface area contributed by atoms with Crippen LogP contribution in [0.2, 0.25) is 0 Å². The van der Waals surface area contributed by atoms with Gasteiger partial charge in [0, 0.05) is 14.1 Å². The highest BCUT2D eigenvalue weighted by Crippen LogP contribution is 2.26. The summed E-state index contributed by atoms with van der Waals surface area (Å²) in [4.78, 5) is 22.8. The summed E-state index contributed by atoms with van der Waals surface area (Å²) in [6, 6.07) is 10.0. The van der Waals surface area contributed by atoms with Crippen LogP contribution < -0.4 is 15.0 Å². The normalized spacial score (nSPS) is 11.7. The van der Waals surface area contributed by atoms with Crippen molar-refractivity contribution in [1.82, 2.24) is 9.97 Å². The molecule has 1 aromatic carbocycles. The van der Waals surface area contributed by atoms with Crippen LogP contribution in [0.25, 0.3) is 0 Å². The molecule has 6 heteroatoms. The van der Waals surface area contributed by atoms with Crippen molar-refractivity contribution in [3.8, 4) is 6.01 Å². The maximum absolute atomic E-state index is 12.7. The first kappa shape index (κ1) is 16.7. The lowest BCUT2D eigenvalue weighted by Gasteiger charge is -2.19. The zero-order valence-electron chi connectivity index (χ0n) is 13.9. The van der Waals surface area contributed by atoms with Crippen molar-refractivity contribution in [3.63, 3.8) is 0 Å². The predicted molar refractivity (Wildman–Crippen MR) is 91.0 cm³/mol. The van der Waals surface area contributed by atoms with Crippen molar-refractivity contribution in [1.29, 1.82) is 0 Å². The second kappa shape index (κ2) is 7.58. The maximum Gasteiger partial charge on any atom is 0.318 e. The van der Waals surface area contributed by atoms with Gasteiger partial charge in [-0.1, -0.05) is 37.3 Å². The first-order valence-electron chi connectivity index (χ1n) is 7.51. The van der Waals surface area contributed by atoms with Crippen LogP contribution in [0.3, 0.4) is 0 Å². The molecule has 0 aliphatic rings. The summed E-state index contributed by atoms with van der Waals surface area (Å²) in [5, 5.41) is 2.93. The summed E-state index contributed by atoms with van der Waals surface area (Å²) in [6.45, 7) is 1.99. The Hall–Kier alpha value is -2.63. The average Bonchev–Trinajstić information content (AvgIpc) is 2.56. The zero-order chi connectivity index (χ0) is 16.8. The number of anilines is 2. The maximum atomic E-state index is 12.7. The number of benzene rings is 1. The van der Waals surface area contributed by atoms with Crippen LogP contribution in [0, 0.1) is 0 Å². The number of ether oxygens (including phenoxy) is 1. The third-order valence-electron chi connectivity index (χ3n) is 3.54. The van der Waals surface area contributed by atoms with Gasteiger partial charge in [0.15, 0.2) is 5.82 Å². The van der Waals surface area contributed by atoms with Gasteiger partial charge in [0.25, 0.3) is 0 Å². The number of amides is 1. The molecule has 0 spiro atoms. The van der Waals surface area contributed by atoms with E-state index in [2.05, 4.69) is 15.3 Å². The van der Waals surface area contributed by atoms with Crippen LogP contribution in [0.4, 0.5) is 11.5 Å². The highest BCUT2D eigenvalue weighted by Gasteiger charge is 2.20. The number of hydrogen-bond acceptors (Lipinski definition) is 5. The van der Waals surface area contributed by atoms with Crippen LogP contribution in [-0.2, 0) is 4.79 Å². The molecule has 0 bridgehead atoms. The Labute approximate surface area is 136 Å². The van der Waals surface area contributed by atoms with Crippen molar-refractivity contribution < 1.29 is 9.53 Å². The summed E-state index contributed by atoms with van der Waals surface area (Å²) in [7, 11) is 5.22. The lowest BCUT2D eigenvalue weighted by molar-refractivity contribution is -0.117. The van der Waals surface area contributed by atoms with E-state index in [9.17, 15) is 4.79 Å². The highest BCUT2D eigenvalue weighted by molar-refractivity contribution is 5.97. The van der Waals surface area contributed by atoms with Gasteiger partial charge in [-0.25, -0.2) is 4.98 Å². The van der Waals surface area contributed by atoms with Gasteiger partial charge in [-0.05, 0) is 12.0 Å². The van der Waals surface area contributed by atoms with E-state index in [1.807, 2.05) is 56.3 Å². The lowest BCUT2D eigenvalue weighted by Crippen LogP contribution is -2.23. The number of carbonyl (C=O) groups is 1. The van der Waals surface area contributed by atoms with Crippen molar-refractivity contribution in [2.45, 2.75) is 19.3 Å². The van der Waals surface area contributed by atoms with Crippen molar-refractivity contribution >= 4 is 17.4 Å². The quantitative estimate of drug-likeness (QED) is 0.888. The van der Waals surface area contributed by atoms with Gasteiger partial charge >= 0.3 is 6.01 Å². The summed E-state index contributed by atoms with van der Waals surface area (Å²) in [6.07, 6.45) is 2.28. The van der Waals surface area contributed by atoms with Gasteiger partial charge in [-0.2, -0.15) is 4.98 Å². The van der Waals surface area contributed by atoms with Gasteiger partial charge in [-0.15, -0.1) is 0 Å². The van der Waals surface area contributed by atoms with Crippen LogP contribution >= 0.6 is 0 Å². The second-order valence-corrected chi connectivity index (χ2v) is 5.35. The fourth-order valence-corrected chi connectivity index (χ4v) is 2.36. The molecular weight excluding hydrogens is 292 g/mol. The van der Waals surface area contributed by atoms with E-state index in [0.29, 0.717) is 17.9 Å². The van der Waals surface area contributed by atoms with E-state index >= 15 is 0 Å². The van der Waals surface area contributed by atoms with E-state index < -0.39 is 0 Å². The monoisotopic (exact) mass is 314 g/mol. The van der Waals surface area contributed by atoms with E-state index in [-0.39, 0.29) is 17.8 Å². The Morgan fingerprint density at radius 1 is 1.30 bits per heavy atom. The molecule has 0 aliphatic heterocycles. The van der Waals surface area contributed by atoms with Crippen LogP contribution in [0.15, 0.2) is 36.5 Å². The number of rotatable bonds is 6. The molecule has 0 radical (unpaired) electrons. The minimum absolute atomic E-state index is 0.0735. The number of nitrogens with one attached hydrogen (secondary N) is 1. The molecule has 0 saturated heterocycles. The van der Waals surface area contributed by atoms with Crippen molar-refractivity contribution in [2.75, 3.05) is 31.4 Å². The van der Waals surface area contributed by atoms with Crippen LogP contribution in [0.5, 0.6) is 6.01 Å². The van der Waals surface area contributed by atoms with Crippen molar-refractivity contribution in [2.24, 2.45) is 0 Å². The molecule has 1 unspecified atom stereocenters. The van der Waals surface area contributed by atoms with E-state index in [1.165, 1.54) is 7.11 Å². The Morgan fingerprint density at radius 2 is 2.00 bits per heavy atom. The molecule has 1 atom stereocenters. The third-order valence-corrected chi connectivity index (χ3v) is 3.54. The highest BCUT2D eigenvalue weighted by atomic mass is 16.5. The Balaban J connectivity index is 2.25. The summed E-state index contributed by atoms with van der Waals surface area (Å²) < 4.78 is 5.04. The Bertz CT molecular complexity index is 659. The van der Waals surface area contributed by atoms with Crippen molar-refractivity contribution in [3.05, 3.63) is 42.1 Å². The molecule has 1 aromatic heterocycles. The van der Waals surface area contributed by atoms with E-state index in [0.717, 1.165) is 5.56 Å². The smallest absolute Gasteiger partial charge is 0.318 e. The molecule has 122 valence electrons.